The van der Waals surface area contributed by atoms with Crippen molar-refractivity contribution in [2.45, 2.75) is 12.8 Å². The quantitative estimate of drug-likeness (QED) is 0.619. The highest BCUT2D eigenvalue weighted by Gasteiger charge is 2.20. The minimum absolute atomic E-state index is 0.725. The first-order valence-corrected chi connectivity index (χ1v) is 6.52. The molecule has 1 saturated heterocycles. The molecule has 1 aliphatic rings. The molecular formula is C13H23N5. The van der Waals surface area contributed by atoms with Crippen LogP contribution in [0.5, 0.6) is 0 Å². The average Bonchev–Trinajstić information content (AvgIpc) is 2.39. The fourth-order valence-corrected chi connectivity index (χ4v) is 2.54. The third-order valence-electron chi connectivity index (χ3n) is 3.44. The van der Waals surface area contributed by atoms with E-state index in [0.29, 0.717) is 0 Å². The smallest absolute Gasteiger partial charge is 0.142 e. The van der Waals surface area contributed by atoms with Crippen LogP contribution >= 0.6 is 0 Å². The summed E-state index contributed by atoms with van der Waals surface area (Å²) in [5.74, 6) is 7.95. The Labute approximate surface area is 109 Å². The lowest BCUT2D eigenvalue weighted by Crippen LogP contribution is -2.37. The molecule has 2 rings (SSSR count). The van der Waals surface area contributed by atoms with Crippen molar-refractivity contribution >= 4 is 11.6 Å². The van der Waals surface area contributed by atoms with Crippen LogP contribution in [-0.2, 0) is 0 Å². The van der Waals surface area contributed by atoms with Crippen molar-refractivity contribution in [1.82, 2.24) is 9.88 Å². The summed E-state index contributed by atoms with van der Waals surface area (Å²) < 4.78 is 0. The van der Waals surface area contributed by atoms with Crippen LogP contribution in [0.2, 0.25) is 0 Å². The van der Waals surface area contributed by atoms with Gasteiger partial charge in [0.2, 0.25) is 0 Å². The van der Waals surface area contributed by atoms with Crippen LogP contribution in [0, 0.1) is 5.92 Å². The number of hydrogen-bond acceptors (Lipinski definition) is 5. The van der Waals surface area contributed by atoms with Crippen LogP contribution in [0.1, 0.15) is 12.8 Å². The lowest BCUT2D eigenvalue weighted by atomic mass is 9.96. The summed E-state index contributed by atoms with van der Waals surface area (Å²) in [7, 11) is 4.29. The van der Waals surface area contributed by atoms with Gasteiger partial charge in [0, 0.05) is 19.6 Å². The van der Waals surface area contributed by atoms with Gasteiger partial charge in [0.05, 0.1) is 0 Å². The maximum Gasteiger partial charge on any atom is 0.142 e. The van der Waals surface area contributed by atoms with Crippen molar-refractivity contribution in [3.05, 3.63) is 18.2 Å². The molecule has 0 aromatic carbocycles. The van der Waals surface area contributed by atoms with Crippen molar-refractivity contribution in [2.24, 2.45) is 11.8 Å². The maximum atomic E-state index is 5.39. The standard InChI is InChI=1S/C13H23N5/c1-17(2)10-11-6-8-18(9-7-11)13-5-3-4-12(15-13)16-14/h3-5,11H,6-10,14H2,1-2H3,(H,15,16). The van der Waals surface area contributed by atoms with E-state index < -0.39 is 0 Å². The molecule has 0 aliphatic carbocycles. The summed E-state index contributed by atoms with van der Waals surface area (Å²) in [6.45, 7) is 3.35. The number of nitrogens with two attached hydrogens (primary N) is 1. The zero-order valence-electron chi connectivity index (χ0n) is 11.3. The molecule has 5 heteroatoms. The van der Waals surface area contributed by atoms with Gasteiger partial charge in [-0.2, -0.15) is 0 Å². The lowest BCUT2D eigenvalue weighted by molar-refractivity contribution is 0.284. The Morgan fingerprint density at radius 2 is 2.11 bits per heavy atom. The van der Waals surface area contributed by atoms with Crippen molar-refractivity contribution in [2.75, 3.05) is 44.1 Å². The van der Waals surface area contributed by atoms with Crippen LogP contribution in [-0.4, -0.2) is 43.6 Å². The molecule has 1 fully saturated rings. The maximum absolute atomic E-state index is 5.39. The van der Waals surface area contributed by atoms with Crippen molar-refractivity contribution in [3.8, 4) is 0 Å². The molecule has 100 valence electrons. The van der Waals surface area contributed by atoms with Gasteiger partial charge < -0.3 is 15.2 Å². The van der Waals surface area contributed by atoms with Gasteiger partial charge in [-0.05, 0) is 45.0 Å². The van der Waals surface area contributed by atoms with Gasteiger partial charge in [0.15, 0.2) is 0 Å². The largest absolute Gasteiger partial charge is 0.357 e. The number of nitrogens with zero attached hydrogens (tertiary/aromatic N) is 3. The fourth-order valence-electron chi connectivity index (χ4n) is 2.54. The zero-order chi connectivity index (χ0) is 13.0. The number of hydrazine groups is 1. The van der Waals surface area contributed by atoms with Crippen LogP contribution in [0.15, 0.2) is 18.2 Å². The third kappa shape index (κ3) is 3.34. The number of hydrogen-bond donors (Lipinski definition) is 2. The summed E-state index contributed by atoms with van der Waals surface area (Å²) in [5.41, 5.74) is 2.60. The molecule has 3 N–H and O–H groups in total. The number of nitrogen functional groups attached to an aromatic ring is 1. The van der Waals surface area contributed by atoms with E-state index in [0.717, 1.165) is 30.6 Å². The Morgan fingerprint density at radius 1 is 1.39 bits per heavy atom. The SMILES string of the molecule is CN(C)CC1CCN(c2cccc(NN)n2)CC1. The minimum Gasteiger partial charge on any atom is -0.357 e. The van der Waals surface area contributed by atoms with Crippen LogP contribution < -0.4 is 16.2 Å². The van der Waals surface area contributed by atoms with E-state index in [1.807, 2.05) is 18.2 Å². The van der Waals surface area contributed by atoms with Gasteiger partial charge in [0.25, 0.3) is 0 Å². The molecule has 2 heterocycles. The van der Waals surface area contributed by atoms with Gasteiger partial charge in [-0.3, -0.25) is 0 Å². The van der Waals surface area contributed by atoms with Gasteiger partial charge in [-0.25, -0.2) is 10.8 Å². The van der Waals surface area contributed by atoms with E-state index in [1.165, 1.54) is 19.4 Å². The third-order valence-corrected chi connectivity index (χ3v) is 3.44. The zero-order valence-corrected chi connectivity index (χ0v) is 11.3. The normalized spacial score (nSPS) is 17.2. The Bertz CT molecular complexity index is 371. The number of rotatable bonds is 4. The predicted molar refractivity (Wildman–Crippen MR) is 75.5 cm³/mol. The molecule has 1 aromatic heterocycles. The summed E-state index contributed by atoms with van der Waals surface area (Å²) in [6, 6.07) is 5.92. The summed E-state index contributed by atoms with van der Waals surface area (Å²) in [5, 5.41) is 0. The van der Waals surface area contributed by atoms with Crippen LogP contribution in [0.4, 0.5) is 11.6 Å². The number of aromatic nitrogens is 1. The molecule has 0 spiro atoms. The number of pyridine rings is 1. The number of piperidine rings is 1. The van der Waals surface area contributed by atoms with Gasteiger partial charge in [-0.1, -0.05) is 6.07 Å². The van der Waals surface area contributed by atoms with E-state index in [1.54, 1.807) is 0 Å². The Hall–Kier alpha value is -1.33. The molecule has 0 amide bonds. The van der Waals surface area contributed by atoms with E-state index in [9.17, 15) is 0 Å². The van der Waals surface area contributed by atoms with Gasteiger partial charge in [-0.15, -0.1) is 0 Å². The Kier molecular flexibility index (Phi) is 4.38. The first-order valence-electron chi connectivity index (χ1n) is 6.52. The monoisotopic (exact) mass is 249 g/mol. The topological polar surface area (TPSA) is 57.4 Å². The molecule has 5 nitrogen and oxygen atoms in total. The van der Waals surface area contributed by atoms with Crippen molar-refractivity contribution in [3.63, 3.8) is 0 Å². The second kappa shape index (κ2) is 6.02. The first-order chi connectivity index (χ1) is 8.69. The highest BCUT2D eigenvalue weighted by atomic mass is 15.3. The summed E-state index contributed by atoms with van der Waals surface area (Å²) in [6.07, 6.45) is 2.47. The first kappa shape index (κ1) is 13.1. The Balaban J connectivity index is 1.92. The predicted octanol–water partition coefficient (Wildman–Crippen LogP) is 1.15. The van der Waals surface area contributed by atoms with Crippen molar-refractivity contribution in [1.29, 1.82) is 0 Å². The Morgan fingerprint density at radius 3 is 2.72 bits per heavy atom. The van der Waals surface area contributed by atoms with E-state index in [2.05, 4.69) is 34.3 Å². The van der Waals surface area contributed by atoms with Gasteiger partial charge >= 0.3 is 0 Å². The molecule has 1 aromatic rings. The highest BCUT2D eigenvalue weighted by molar-refractivity contribution is 5.46. The highest BCUT2D eigenvalue weighted by Crippen LogP contribution is 2.22. The molecule has 0 unspecified atom stereocenters. The van der Waals surface area contributed by atoms with Gasteiger partial charge in [0.1, 0.15) is 11.6 Å². The molecule has 0 saturated carbocycles. The molecule has 0 atom stereocenters. The van der Waals surface area contributed by atoms with E-state index in [-0.39, 0.29) is 0 Å². The molecule has 0 radical (unpaired) electrons. The van der Waals surface area contributed by atoms with Crippen molar-refractivity contribution < 1.29 is 0 Å². The second-order valence-electron chi connectivity index (χ2n) is 5.22. The van der Waals surface area contributed by atoms with E-state index >= 15 is 0 Å². The molecule has 1 aliphatic heterocycles. The summed E-state index contributed by atoms with van der Waals surface area (Å²) >= 11 is 0. The van der Waals surface area contributed by atoms with E-state index in [4.69, 9.17) is 5.84 Å². The average molecular weight is 249 g/mol. The molecule has 0 bridgehead atoms. The number of nitrogens with one attached hydrogen (secondary N) is 1. The fraction of sp³-hybridized carbons (Fsp3) is 0.615. The summed E-state index contributed by atoms with van der Waals surface area (Å²) in [4.78, 5) is 9.10. The minimum atomic E-state index is 0.725. The number of anilines is 2. The lowest BCUT2D eigenvalue weighted by Gasteiger charge is -2.34. The molecule has 18 heavy (non-hydrogen) atoms. The van der Waals surface area contributed by atoms with Crippen LogP contribution in [0.3, 0.4) is 0 Å². The second-order valence-corrected chi connectivity index (χ2v) is 5.22. The molecular weight excluding hydrogens is 226 g/mol. The van der Waals surface area contributed by atoms with Crippen LogP contribution in [0.25, 0.3) is 0 Å².